The Bertz CT molecular complexity index is 306. The molecule has 0 radical (unpaired) electrons. The Morgan fingerprint density at radius 1 is 1.50 bits per heavy atom. The highest BCUT2D eigenvalue weighted by Crippen LogP contribution is 2.10. The summed E-state index contributed by atoms with van der Waals surface area (Å²) in [6.45, 7) is 4.35. The van der Waals surface area contributed by atoms with Gasteiger partial charge in [-0.1, -0.05) is 13.8 Å². The Kier molecular flexibility index (Phi) is 5.55. The second-order valence-electron chi connectivity index (χ2n) is 5.06. The molecule has 1 saturated heterocycles. The monoisotopic (exact) mass is 258 g/mol. The van der Waals surface area contributed by atoms with Crippen LogP contribution in [0.3, 0.4) is 0 Å². The lowest BCUT2D eigenvalue weighted by Gasteiger charge is -2.20. The van der Waals surface area contributed by atoms with Gasteiger partial charge in [0.1, 0.15) is 6.04 Å². The number of methoxy groups -OCH3 is 1. The number of amides is 1. The molecule has 1 aliphatic heterocycles. The molecule has 0 aromatic heterocycles. The van der Waals surface area contributed by atoms with Crippen molar-refractivity contribution in [1.29, 1.82) is 0 Å². The van der Waals surface area contributed by atoms with E-state index >= 15 is 0 Å². The van der Waals surface area contributed by atoms with Crippen molar-refractivity contribution >= 4 is 11.9 Å². The van der Waals surface area contributed by atoms with Gasteiger partial charge in [-0.05, 0) is 18.8 Å². The number of rotatable bonds is 5. The predicted octanol–water partition coefficient (Wildman–Crippen LogP) is -0.587. The van der Waals surface area contributed by atoms with Crippen LogP contribution in [0.5, 0.6) is 0 Å². The molecular weight excluding hydrogens is 236 g/mol. The number of ether oxygens (including phenoxy) is 1. The lowest BCUT2D eigenvalue weighted by Crippen LogP contribution is -2.49. The zero-order chi connectivity index (χ0) is 13.7. The van der Waals surface area contributed by atoms with Crippen LogP contribution in [0.2, 0.25) is 0 Å². The molecule has 104 valence electrons. The number of esters is 1. The highest BCUT2D eigenvalue weighted by atomic mass is 16.5. The Morgan fingerprint density at radius 3 is 2.61 bits per heavy atom. The van der Waals surface area contributed by atoms with Gasteiger partial charge >= 0.3 is 5.97 Å². The number of hydrogen-bond acceptors (Lipinski definition) is 5. The minimum atomic E-state index is -0.623. The summed E-state index contributed by atoms with van der Waals surface area (Å²) in [4.78, 5) is 23.5. The summed E-state index contributed by atoms with van der Waals surface area (Å²) in [5, 5.41) is 14.9. The predicted molar refractivity (Wildman–Crippen MR) is 65.8 cm³/mol. The average Bonchev–Trinajstić information content (AvgIpc) is 2.73. The first-order chi connectivity index (χ1) is 8.43. The minimum Gasteiger partial charge on any atom is -0.467 e. The van der Waals surface area contributed by atoms with E-state index in [1.54, 1.807) is 0 Å². The maximum atomic E-state index is 11.9. The van der Waals surface area contributed by atoms with Crippen LogP contribution in [0.15, 0.2) is 0 Å². The maximum Gasteiger partial charge on any atom is 0.328 e. The van der Waals surface area contributed by atoms with E-state index in [4.69, 9.17) is 0 Å². The zero-order valence-electron chi connectivity index (χ0n) is 11.1. The second-order valence-corrected chi connectivity index (χ2v) is 5.06. The van der Waals surface area contributed by atoms with Gasteiger partial charge in [0.05, 0.1) is 19.3 Å². The molecule has 3 atom stereocenters. The highest BCUT2D eigenvalue weighted by Gasteiger charge is 2.31. The molecule has 0 bridgehead atoms. The molecule has 0 aromatic carbocycles. The van der Waals surface area contributed by atoms with Crippen LogP contribution < -0.4 is 10.6 Å². The fraction of sp³-hybridized carbons (Fsp3) is 0.833. The third-order valence-corrected chi connectivity index (χ3v) is 2.93. The SMILES string of the molecule is COC(=O)C(CC(C)C)NC(=O)C1CC(O)CN1. The summed E-state index contributed by atoms with van der Waals surface area (Å²) >= 11 is 0. The molecule has 1 fully saturated rings. The van der Waals surface area contributed by atoms with Crippen molar-refractivity contribution in [2.75, 3.05) is 13.7 Å². The van der Waals surface area contributed by atoms with Gasteiger partial charge in [0.15, 0.2) is 0 Å². The van der Waals surface area contributed by atoms with Gasteiger partial charge in [-0.25, -0.2) is 4.79 Å². The first-order valence-electron chi connectivity index (χ1n) is 6.23. The van der Waals surface area contributed by atoms with Gasteiger partial charge in [-0.2, -0.15) is 0 Å². The number of carbonyl (C=O) groups excluding carboxylic acids is 2. The largest absolute Gasteiger partial charge is 0.467 e. The quantitative estimate of drug-likeness (QED) is 0.574. The first-order valence-corrected chi connectivity index (χ1v) is 6.23. The second kappa shape index (κ2) is 6.70. The van der Waals surface area contributed by atoms with E-state index in [1.165, 1.54) is 7.11 Å². The van der Waals surface area contributed by atoms with E-state index in [-0.39, 0.29) is 11.8 Å². The third-order valence-electron chi connectivity index (χ3n) is 2.93. The fourth-order valence-electron chi connectivity index (χ4n) is 2.02. The number of aliphatic hydroxyl groups excluding tert-OH is 1. The summed E-state index contributed by atoms with van der Waals surface area (Å²) in [7, 11) is 1.30. The number of carbonyl (C=O) groups is 2. The standard InChI is InChI=1S/C12H22N2O4/c1-7(2)4-10(12(17)18-3)14-11(16)9-5-8(15)6-13-9/h7-10,13,15H,4-6H2,1-3H3,(H,14,16). The van der Waals surface area contributed by atoms with E-state index in [2.05, 4.69) is 15.4 Å². The summed E-state index contributed by atoms with van der Waals surface area (Å²) in [6, 6.07) is -1.05. The zero-order valence-corrected chi connectivity index (χ0v) is 11.1. The van der Waals surface area contributed by atoms with Crippen LogP contribution in [0.4, 0.5) is 0 Å². The van der Waals surface area contributed by atoms with Crippen LogP contribution in [0.1, 0.15) is 26.7 Å². The smallest absolute Gasteiger partial charge is 0.328 e. The van der Waals surface area contributed by atoms with Crippen LogP contribution in [0, 0.1) is 5.92 Å². The van der Waals surface area contributed by atoms with Crippen molar-refractivity contribution in [2.45, 2.75) is 44.9 Å². The van der Waals surface area contributed by atoms with Gasteiger partial charge in [0.2, 0.25) is 5.91 Å². The topological polar surface area (TPSA) is 87.7 Å². The van der Waals surface area contributed by atoms with Crippen molar-refractivity contribution < 1.29 is 19.4 Å². The Balaban J connectivity index is 2.54. The molecule has 3 N–H and O–H groups in total. The van der Waals surface area contributed by atoms with Crippen LogP contribution in [-0.2, 0) is 14.3 Å². The van der Waals surface area contributed by atoms with Gasteiger partial charge in [-0.3, -0.25) is 4.79 Å². The van der Waals surface area contributed by atoms with Crippen molar-refractivity contribution in [1.82, 2.24) is 10.6 Å². The van der Waals surface area contributed by atoms with E-state index in [0.717, 1.165) is 0 Å². The minimum absolute atomic E-state index is 0.261. The number of β-amino-alcohol motifs (C(OH)–C–C–N with tert-alkyl or cyclic N) is 1. The molecular formula is C12H22N2O4. The van der Waals surface area contributed by atoms with Gasteiger partial charge < -0.3 is 20.5 Å². The molecule has 0 aliphatic carbocycles. The molecule has 0 aromatic rings. The van der Waals surface area contributed by atoms with E-state index in [9.17, 15) is 14.7 Å². The summed E-state index contributed by atoms with van der Waals surface area (Å²) in [5.74, 6) is -0.422. The normalized spacial score (nSPS) is 24.9. The van der Waals surface area contributed by atoms with Crippen LogP contribution in [0.25, 0.3) is 0 Å². The van der Waals surface area contributed by atoms with Crippen molar-refractivity contribution in [3.63, 3.8) is 0 Å². The molecule has 1 amide bonds. The molecule has 1 aliphatic rings. The van der Waals surface area contributed by atoms with Crippen molar-refractivity contribution in [3.05, 3.63) is 0 Å². The van der Waals surface area contributed by atoms with E-state index in [1.807, 2.05) is 13.8 Å². The number of nitrogens with one attached hydrogen (secondary N) is 2. The van der Waals surface area contributed by atoms with Crippen LogP contribution in [-0.4, -0.2) is 48.8 Å². The summed E-state index contributed by atoms with van der Waals surface area (Å²) in [5.41, 5.74) is 0. The lowest BCUT2D eigenvalue weighted by atomic mass is 10.0. The maximum absolute atomic E-state index is 11.9. The van der Waals surface area contributed by atoms with E-state index in [0.29, 0.717) is 19.4 Å². The summed E-state index contributed by atoms with van der Waals surface area (Å²) in [6.07, 6.45) is 0.414. The van der Waals surface area contributed by atoms with Gasteiger partial charge in [0, 0.05) is 6.54 Å². The third kappa shape index (κ3) is 4.27. The molecule has 18 heavy (non-hydrogen) atoms. The summed E-state index contributed by atoms with van der Waals surface area (Å²) < 4.78 is 4.67. The van der Waals surface area contributed by atoms with Crippen molar-refractivity contribution in [2.24, 2.45) is 5.92 Å². The first kappa shape index (κ1) is 14.9. The number of hydrogen-bond donors (Lipinski definition) is 3. The Morgan fingerprint density at radius 2 is 2.17 bits per heavy atom. The Hall–Kier alpha value is -1.14. The Labute approximate surface area is 107 Å². The van der Waals surface area contributed by atoms with E-state index < -0.39 is 24.2 Å². The highest BCUT2D eigenvalue weighted by molar-refractivity contribution is 5.87. The molecule has 6 nitrogen and oxygen atoms in total. The average molecular weight is 258 g/mol. The van der Waals surface area contributed by atoms with Crippen molar-refractivity contribution in [3.8, 4) is 0 Å². The fourth-order valence-corrected chi connectivity index (χ4v) is 2.02. The molecule has 1 rings (SSSR count). The molecule has 6 heteroatoms. The molecule has 0 saturated carbocycles. The van der Waals surface area contributed by atoms with Gasteiger partial charge in [-0.15, -0.1) is 0 Å². The lowest BCUT2D eigenvalue weighted by molar-refractivity contribution is -0.145. The molecule has 1 heterocycles. The molecule has 3 unspecified atom stereocenters. The molecule has 0 spiro atoms. The van der Waals surface area contributed by atoms with Crippen LogP contribution >= 0.6 is 0 Å². The van der Waals surface area contributed by atoms with Gasteiger partial charge in [0.25, 0.3) is 0 Å². The number of aliphatic hydroxyl groups is 1.